The maximum Gasteiger partial charge on any atom is 0.290 e. The average Bonchev–Trinajstić information content (AvgIpc) is 2.24. The summed E-state index contributed by atoms with van der Waals surface area (Å²) in [5.41, 5.74) is 0.469. The van der Waals surface area contributed by atoms with Gasteiger partial charge in [-0.2, -0.15) is 5.10 Å². The number of rotatable bonds is 1. The molecule has 5 nitrogen and oxygen atoms in total. The molecule has 1 atom stereocenters. The molecule has 1 fully saturated rings. The SMILES string of the molecule is CC1COCCN1c1cc(Cl)nn(C)c1=O. The molecule has 0 bridgehead atoms. The highest BCUT2D eigenvalue weighted by molar-refractivity contribution is 6.29. The first-order valence-electron chi connectivity index (χ1n) is 5.18. The van der Waals surface area contributed by atoms with Crippen molar-refractivity contribution in [3.05, 3.63) is 21.6 Å². The van der Waals surface area contributed by atoms with E-state index in [0.717, 1.165) is 0 Å². The minimum absolute atomic E-state index is 0.127. The Morgan fingerprint density at radius 1 is 1.62 bits per heavy atom. The molecule has 1 aliphatic rings. The second kappa shape index (κ2) is 4.43. The van der Waals surface area contributed by atoms with Gasteiger partial charge in [0, 0.05) is 25.7 Å². The van der Waals surface area contributed by atoms with Crippen LogP contribution in [-0.2, 0) is 11.8 Å². The standard InChI is InChI=1S/C10H14ClN3O2/c1-7-6-16-4-3-14(7)8-5-9(11)12-13(2)10(8)15/h5,7H,3-4,6H2,1-2H3. The number of aryl methyl sites for hydroxylation is 1. The topological polar surface area (TPSA) is 47.4 Å². The molecule has 0 saturated carbocycles. The first kappa shape index (κ1) is 11.4. The first-order chi connectivity index (χ1) is 7.59. The molecule has 0 aromatic carbocycles. The highest BCUT2D eigenvalue weighted by Gasteiger charge is 2.22. The van der Waals surface area contributed by atoms with E-state index < -0.39 is 0 Å². The summed E-state index contributed by atoms with van der Waals surface area (Å²) in [5.74, 6) is 0. The number of ether oxygens (including phenoxy) is 1. The van der Waals surface area contributed by atoms with Crippen molar-refractivity contribution in [2.24, 2.45) is 7.05 Å². The maximum atomic E-state index is 11.9. The summed E-state index contributed by atoms with van der Waals surface area (Å²) in [6.07, 6.45) is 0. The third-order valence-corrected chi connectivity index (χ3v) is 2.88. The number of morpholine rings is 1. The lowest BCUT2D eigenvalue weighted by Gasteiger charge is -2.34. The van der Waals surface area contributed by atoms with Crippen molar-refractivity contribution >= 4 is 17.3 Å². The Hall–Kier alpha value is -1.07. The van der Waals surface area contributed by atoms with Gasteiger partial charge < -0.3 is 9.64 Å². The molecule has 0 radical (unpaired) electrons. The van der Waals surface area contributed by atoms with Gasteiger partial charge in [0.15, 0.2) is 5.15 Å². The number of hydrogen-bond acceptors (Lipinski definition) is 4. The highest BCUT2D eigenvalue weighted by Crippen LogP contribution is 2.17. The molecule has 0 N–H and O–H groups in total. The molecule has 1 unspecified atom stereocenters. The third-order valence-electron chi connectivity index (χ3n) is 2.69. The number of anilines is 1. The molecule has 16 heavy (non-hydrogen) atoms. The first-order valence-corrected chi connectivity index (χ1v) is 5.55. The van der Waals surface area contributed by atoms with Crippen LogP contribution >= 0.6 is 11.6 Å². The van der Waals surface area contributed by atoms with Crippen molar-refractivity contribution in [1.29, 1.82) is 0 Å². The van der Waals surface area contributed by atoms with Gasteiger partial charge in [0.05, 0.1) is 13.2 Å². The fraction of sp³-hybridized carbons (Fsp3) is 0.600. The predicted octanol–water partition coefficient (Wildman–Crippen LogP) is 0.659. The highest BCUT2D eigenvalue weighted by atomic mass is 35.5. The molecule has 1 saturated heterocycles. The Labute approximate surface area is 98.6 Å². The van der Waals surface area contributed by atoms with Crippen molar-refractivity contribution in [2.75, 3.05) is 24.7 Å². The Bertz CT molecular complexity index is 446. The fourth-order valence-corrected chi connectivity index (χ4v) is 2.07. The summed E-state index contributed by atoms with van der Waals surface area (Å²) in [7, 11) is 1.60. The van der Waals surface area contributed by atoms with Crippen LogP contribution in [0.15, 0.2) is 10.9 Å². The number of nitrogens with zero attached hydrogens (tertiary/aromatic N) is 3. The van der Waals surface area contributed by atoms with Gasteiger partial charge in [-0.05, 0) is 6.92 Å². The van der Waals surface area contributed by atoms with Crippen LogP contribution in [0.3, 0.4) is 0 Å². The van der Waals surface area contributed by atoms with Crippen LogP contribution in [0, 0.1) is 0 Å². The van der Waals surface area contributed by atoms with Crippen LogP contribution < -0.4 is 10.5 Å². The van der Waals surface area contributed by atoms with Crippen molar-refractivity contribution in [3.63, 3.8) is 0 Å². The average molecular weight is 244 g/mol. The molecule has 0 spiro atoms. The van der Waals surface area contributed by atoms with Crippen molar-refractivity contribution in [1.82, 2.24) is 9.78 Å². The van der Waals surface area contributed by atoms with Crippen molar-refractivity contribution in [2.45, 2.75) is 13.0 Å². The number of halogens is 1. The lowest BCUT2D eigenvalue weighted by Crippen LogP contribution is -2.46. The van der Waals surface area contributed by atoms with Gasteiger partial charge in [-0.1, -0.05) is 11.6 Å². The summed E-state index contributed by atoms with van der Waals surface area (Å²) in [5, 5.41) is 4.19. The Balaban J connectivity index is 2.42. The normalized spacial score (nSPS) is 21.2. The van der Waals surface area contributed by atoms with Crippen LogP contribution in [-0.4, -0.2) is 35.6 Å². The van der Waals surface area contributed by atoms with E-state index in [1.54, 1.807) is 13.1 Å². The van der Waals surface area contributed by atoms with E-state index in [4.69, 9.17) is 16.3 Å². The summed E-state index contributed by atoms with van der Waals surface area (Å²) >= 11 is 5.86. The van der Waals surface area contributed by atoms with Gasteiger partial charge in [-0.15, -0.1) is 0 Å². The molecular formula is C10H14ClN3O2. The van der Waals surface area contributed by atoms with Crippen LogP contribution in [0.1, 0.15) is 6.92 Å². The predicted molar refractivity (Wildman–Crippen MR) is 62.1 cm³/mol. The quantitative estimate of drug-likeness (QED) is 0.727. The smallest absolute Gasteiger partial charge is 0.290 e. The van der Waals surface area contributed by atoms with Crippen molar-refractivity contribution in [3.8, 4) is 0 Å². The van der Waals surface area contributed by atoms with E-state index in [1.165, 1.54) is 4.68 Å². The molecule has 0 aliphatic carbocycles. The molecule has 1 aromatic heterocycles. The van der Waals surface area contributed by atoms with Gasteiger partial charge in [-0.3, -0.25) is 4.79 Å². The second-order valence-corrected chi connectivity index (χ2v) is 4.29. The zero-order valence-electron chi connectivity index (χ0n) is 9.31. The monoisotopic (exact) mass is 243 g/mol. The summed E-state index contributed by atoms with van der Waals surface area (Å²) in [6.45, 7) is 3.99. The Morgan fingerprint density at radius 2 is 2.38 bits per heavy atom. The number of hydrogen-bond donors (Lipinski definition) is 0. The van der Waals surface area contributed by atoms with E-state index in [1.807, 2.05) is 11.8 Å². The van der Waals surface area contributed by atoms with E-state index >= 15 is 0 Å². The fourth-order valence-electron chi connectivity index (χ4n) is 1.85. The van der Waals surface area contributed by atoms with Crippen LogP contribution in [0.4, 0.5) is 5.69 Å². The maximum absolute atomic E-state index is 11.9. The van der Waals surface area contributed by atoms with Crippen molar-refractivity contribution < 1.29 is 4.74 Å². The van der Waals surface area contributed by atoms with Crippen LogP contribution in [0.2, 0.25) is 5.15 Å². The molecule has 1 aliphatic heterocycles. The molecular weight excluding hydrogens is 230 g/mol. The third kappa shape index (κ3) is 2.05. The molecule has 1 aromatic rings. The summed E-state index contributed by atoms with van der Waals surface area (Å²) in [6, 6.07) is 1.80. The molecule has 2 heterocycles. The van der Waals surface area contributed by atoms with Crippen LogP contribution in [0.25, 0.3) is 0 Å². The summed E-state index contributed by atoms with van der Waals surface area (Å²) < 4.78 is 6.60. The second-order valence-electron chi connectivity index (χ2n) is 3.90. The lowest BCUT2D eigenvalue weighted by atomic mass is 10.2. The van der Waals surface area contributed by atoms with E-state index in [0.29, 0.717) is 30.6 Å². The zero-order chi connectivity index (χ0) is 11.7. The largest absolute Gasteiger partial charge is 0.377 e. The van der Waals surface area contributed by atoms with Gasteiger partial charge in [0.1, 0.15) is 5.69 Å². The zero-order valence-corrected chi connectivity index (χ0v) is 10.1. The van der Waals surface area contributed by atoms with E-state index in [-0.39, 0.29) is 11.6 Å². The minimum atomic E-state index is -0.127. The molecule has 88 valence electrons. The van der Waals surface area contributed by atoms with E-state index in [2.05, 4.69) is 5.10 Å². The van der Waals surface area contributed by atoms with Gasteiger partial charge in [0.2, 0.25) is 0 Å². The molecule has 6 heteroatoms. The minimum Gasteiger partial charge on any atom is -0.377 e. The molecule has 0 amide bonds. The van der Waals surface area contributed by atoms with Crippen LogP contribution in [0.5, 0.6) is 0 Å². The summed E-state index contributed by atoms with van der Waals surface area (Å²) in [4.78, 5) is 13.9. The van der Waals surface area contributed by atoms with Gasteiger partial charge >= 0.3 is 0 Å². The number of aromatic nitrogens is 2. The Kier molecular flexibility index (Phi) is 3.16. The Morgan fingerprint density at radius 3 is 3.06 bits per heavy atom. The lowest BCUT2D eigenvalue weighted by molar-refractivity contribution is 0.0987. The van der Waals surface area contributed by atoms with Gasteiger partial charge in [0.25, 0.3) is 5.56 Å². The van der Waals surface area contributed by atoms with E-state index in [9.17, 15) is 4.79 Å². The molecule has 2 rings (SSSR count). The van der Waals surface area contributed by atoms with Gasteiger partial charge in [-0.25, -0.2) is 4.68 Å².